The van der Waals surface area contributed by atoms with Gasteiger partial charge in [0.05, 0.1) is 0 Å². The van der Waals surface area contributed by atoms with Crippen molar-refractivity contribution in [3.63, 3.8) is 0 Å². The Bertz CT molecular complexity index is 874. The third-order valence-electron chi connectivity index (χ3n) is 4.22. The fourth-order valence-electron chi connectivity index (χ4n) is 2.48. The van der Waals surface area contributed by atoms with Gasteiger partial charge >= 0.3 is 0 Å². The summed E-state index contributed by atoms with van der Waals surface area (Å²) >= 11 is 5.87. The van der Waals surface area contributed by atoms with E-state index in [2.05, 4.69) is 34.6 Å². The quantitative estimate of drug-likeness (QED) is 0.708. The number of amides is 1. The van der Waals surface area contributed by atoms with Crippen molar-refractivity contribution < 1.29 is 4.79 Å². The highest BCUT2D eigenvalue weighted by molar-refractivity contribution is 6.30. The van der Waals surface area contributed by atoms with E-state index in [1.165, 1.54) is 10.4 Å². The van der Waals surface area contributed by atoms with E-state index in [-0.39, 0.29) is 12.5 Å². The maximum absolute atomic E-state index is 12.2. The molecular formula is C19H20ClN5O. The molecule has 134 valence electrons. The van der Waals surface area contributed by atoms with E-state index in [0.717, 1.165) is 17.7 Å². The largest absolute Gasteiger partial charge is 0.324 e. The molecule has 0 saturated carbocycles. The fraction of sp³-hybridized carbons (Fsp3) is 0.263. The average Bonchev–Trinajstić information content (AvgIpc) is 3.10. The number of rotatable bonds is 6. The zero-order valence-electron chi connectivity index (χ0n) is 14.7. The summed E-state index contributed by atoms with van der Waals surface area (Å²) in [6.45, 7) is 4.33. The molecule has 0 aliphatic heterocycles. The summed E-state index contributed by atoms with van der Waals surface area (Å²) in [4.78, 5) is 13.5. The van der Waals surface area contributed by atoms with Crippen LogP contribution in [0, 0.1) is 0 Å². The minimum absolute atomic E-state index is 0.00625. The Labute approximate surface area is 157 Å². The SMILES string of the molecule is CC[C@@H](C)c1ccc(NC(=O)Cn2nnc(-c3ccc(Cl)cc3)n2)cc1. The van der Waals surface area contributed by atoms with Crippen LogP contribution in [0.25, 0.3) is 11.4 Å². The van der Waals surface area contributed by atoms with E-state index in [1.807, 2.05) is 36.4 Å². The number of carbonyl (C=O) groups excluding carboxylic acids is 1. The summed E-state index contributed by atoms with van der Waals surface area (Å²) in [7, 11) is 0. The summed E-state index contributed by atoms with van der Waals surface area (Å²) < 4.78 is 0. The van der Waals surface area contributed by atoms with E-state index >= 15 is 0 Å². The Kier molecular flexibility index (Phi) is 5.63. The molecule has 3 rings (SSSR count). The fourth-order valence-corrected chi connectivity index (χ4v) is 2.61. The van der Waals surface area contributed by atoms with E-state index < -0.39 is 0 Å². The van der Waals surface area contributed by atoms with E-state index in [4.69, 9.17) is 11.6 Å². The normalized spacial score (nSPS) is 12.0. The summed E-state index contributed by atoms with van der Waals surface area (Å²) in [5.74, 6) is 0.749. The number of carbonyl (C=O) groups is 1. The number of anilines is 1. The van der Waals surface area contributed by atoms with E-state index in [0.29, 0.717) is 16.8 Å². The van der Waals surface area contributed by atoms with Crippen molar-refractivity contribution in [3.8, 4) is 11.4 Å². The Morgan fingerprint density at radius 3 is 2.50 bits per heavy atom. The number of nitrogens with zero attached hydrogens (tertiary/aromatic N) is 4. The zero-order chi connectivity index (χ0) is 18.5. The number of nitrogens with one attached hydrogen (secondary N) is 1. The van der Waals surface area contributed by atoms with Crippen molar-refractivity contribution >= 4 is 23.2 Å². The number of aromatic nitrogens is 4. The highest BCUT2D eigenvalue weighted by Crippen LogP contribution is 2.20. The first kappa shape index (κ1) is 18.1. The summed E-state index contributed by atoms with van der Waals surface area (Å²) in [6, 6.07) is 15.0. The van der Waals surface area contributed by atoms with Crippen LogP contribution in [0.5, 0.6) is 0 Å². The molecule has 26 heavy (non-hydrogen) atoms. The van der Waals surface area contributed by atoms with Crippen LogP contribution in [0.3, 0.4) is 0 Å². The van der Waals surface area contributed by atoms with Crippen LogP contribution in [0.1, 0.15) is 31.7 Å². The van der Waals surface area contributed by atoms with Gasteiger partial charge in [0.2, 0.25) is 11.7 Å². The van der Waals surface area contributed by atoms with Crippen LogP contribution in [0.4, 0.5) is 5.69 Å². The number of hydrogen-bond donors (Lipinski definition) is 1. The second-order valence-electron chi connectivity index (χ2n) is 6.13. The van der Waals surface area contributed by atoms with Crippen molar-refractivity contribution in [2.45, 2.75) is 32.7 Å². The monoisotopic (exact) mass is 369 g/mol. The standard InChI is InChI=1S/C19H20ClN5O/c1-3-13(2)14-6-10-17(11-7-14)21-18(26)12-25-23-19(22-24-25)15-4-8-16(20)9-5-15/h4-11,13H,3,12H2,1-2H3,(H,21,26)/t13-/m1/s1. The van der Waals surface area contributed by atoms with Gasteiger partial charge in [-0.3, -0.25) is 4.79 Å². The minimum atomic E-state index is -0.207. The van der Waals surface area contributed by atoms with Gasteiger partial charge in [0.1, 0.15) is 6.54 Å². The molecule has 3 aromatic rings. The van der Waals surface area contributed by atoms with Gasteiger partial charge in [0, 0.05) is 16.3 Å². The molecule has 0 spiro atoms. The third-order valence-corrected chi connectivity index (χ3v) is 4.47. The minimum Gasteiger partial charge on any atom is -0.324 e. The Balaban J connectivity index is 1.61. The molecule has 0 radical (unpaired) electrons. The lowest BCUT2D eigenvalue weighted by atomic mass is 9.99. The molecule has 0 saturated heterocycles. The molecule has 0 fully saturated rings. The summed E-state index contributed by atoms with van der Waals surface area (Å²) in [5, 5.41) is 15.6. The van der Waals surface area contributed by atoms with Gasteiger partial charge in [-0.05, 0) is 59.5 Å². The predicted octanol–water partition coefficient (Wildman–Crippen LogP) is 4.15. The first-order valence-electron chi connectivity index (χ1n) is 8.48. The third kappa shape index (κ3) is 4.46. The van der Waals surface area contributed by atoms with Gasteiger partial charge in [-0.25, -0.2) is 0 Å². The zero-order valence-corrected chi connectivity index (χ0v) is 15.4. The van der Waals surface area contributed by atoms with Gasteiger partial charge < -0.3 is 5.32 Å². The van der Waals surface area contributed by atoms with Crippen LogP contribution in [0.15, 0.2) is 48.5 Å². The second kappa shape index (κ2) is 8.10. The Morgan fingerprint density at radius 1 is 1.15 bits per heavy atom. The van der Waals surface area contributed by atoms with Crippen molar-refractivity contribution in [3.05, 3.63) is 59.1 Å². The van der Waals surface area contributed by atoms with Crippen LogP contribution in [-0.4, -0.2) is 26.1 Å². The smallest absolute Gasteiger partial charge is 0.248 e. The van der Waals surface area contributed by atoms with Crippen LogP contribution in [0.2, 0.25) is 5.02 Å². The van der Waals surface area contributed by atoms with Crippen LogP contribution in [-0.2, 0) is 11.3 Å². The van der Waals surface area contributed by atoms with Crippen LogP contribution >= 0.6 is 11.6 Å². The lowest BCUT2D eigenvalue weighted by Crippen LogP contribution is -2.20. The summed E-state index contributed by atoms with van der Waals surface area (Å²) in [6.07, 6.45) is 1.08. The topological polar surface area (TPSA) is 72.7 Å². The number of benzene rings is 2. The van der Waals surface area contributed by atoms with Gasteiger partial charge in [0.15, 0.2) is 0 Å². The molecule has 1 aromatic heterocycles. The van der Waals surface area contributed by atoms with Gasteiger partial charge in [-0.15, -0.1) is 10.2 Å². The number of hydrogen-bond acceptors (Lipinski definition) is 4. The lowest BCUT2D eigenvalue weighted by Gasteiger charge is -2.10. The van der Waals surface area contributed by atoms with Crippen LogP contribution < -0.4 is 5.32 Å². The molecule has 0 aliphatic carbocycles. The molecule has 0 unspecified atom stereocenters. The molecule has 1 heterocycles. The molecule has 7 heteroatoms. The van der Waals surface area contributed by atoms with E-state index in [1.54, 1.807) is 12.1 Å². The summed E-state index contributed by atoms with van der Waals surface area (Å²) in [5.41, 5.74) is 2.80. The maximum Gasteiger partial charge on any atom is 0.248 e. The van der Waals surface area contributed by atoms with Crippen molar-refractivity contribution in [1.82, 2.24) is 20.2 Å². The molecule has 2 aromatic carbocycles. The number of tetrazole rings is 1. The Hall–Kier alpha value is -2.73. The first-order valence-corrected chi connectivity index (χ1v) is 8.86. The predicted molar refractivity (Wildman–Crippen MR) is 102 cm³/mol. The molecule has 1 N–H and O–H groups in total. The molecule has 0 bridgehead atoms. The van der Waals surface area contributed by atoms with Crippen molar-refractivity contribution in [2.24, 2.45) is 0 Å². The second-order valence-corrected chi connectivity index (χ2v) is 6.57. The highest BCUT2D eigenvalue weighted by atomic mass is 35.5. The molecule has 0 aliphatic rings. The molecule has 1 atom stereocenters. The van der Waals surface area contributed by atoms with Crippen molar-refractivity contribution in [2.75, 3.05) is 5.32 Å². The van der Waals surface area contributed by atoms with E-state index in [9.17, 15) is 4.79 Å². The molecule has 6 nitrogen and oxygen atoms in total. The number of halogens is 1. The van der Waals surface area contributed by atoms with Gasteiger partial charge in [-0.1, -0.05) is 37.6 Å². The molecular weight excluding hydrogens is 350 g/mol. The lowest BCUT2D eigenvalue weighted by molar-refractivity contribution is -0.117. The first-order chi connectivity index (χ1) is 12.5. The van der Waals surface area contributed by atoms with Gasteiger partial charge in [-0.2, -0.15) is 4.80 Å². The van der Waals surface area contributed by atoms with Crippen molar-refractivity contribution in [1.29, 1.82) is 0 Å². The maximum atomic E-state index is 12.2. The molecule has 1 amide bonds. The highest BCUT2D eigenvalue weighted by Gasteiger charge is 2.10. The van der Waals surface area contributed by atoms with Gasteiger partial charge in [0.25, 0.3) is 0 Å². The average molecular weight is 370 g/mol. The Morgan fingerprint density at radius 2 is 1.85 bits per heavy atom.